The van der Waals surface area contributed by atoms with Crippen LogP contribution in [-0.4, -0.2) is 18.9 Å². The number of aryl methyl sites for hydroxylation is 1. The molecule has 86 valence electrons. The van der Waals surface area contributed by atoms with E-state index in [9.17, 15) is 0 Å². The number of hydrogen-bond donors (Lipinski definition) is 0. The molecule has 0 aliphatic carbocycles. The predicted octanol–water partition coefficient (Wildman–Crippen LogP) is 3.41. The van der Waals surface area contributed by atoms with Gasteiger partial charge in [0.2, 0.25) is 0 Å². The first-order valence-electron chi connectivity index (χ1n) is 5.61. The van der Waals surface area contributed by atoms with E-state index in [0.29, 0.717) is 6.61 Å². The molecule has 0 bridgehead atoms. The SMILES string of the molecule is C/C=C\C(COc1ccc(C)cc1)=NCC. The first-order valence-corrected chi connectivity index (χ1v) is 5.61. The summed E-state index contributed by atoms with van der Waals surface area (Å²) in [6, 6.07) is 8.05. The van der Waals surface area contributed by atoms with E-state index in [0.717, 1.165) is 18.0 Å². The second-order valence-electron chi connectivity index (χ2n) is 3.57. The van der Waals surface area contributed by atoms with Gasteiger partial charge in [0.25, 0.3) is 0 Å². The van der Waals surface area contributed by atoms with Gasteiger partial charge in [0, 0.05) is 6.54 Å². The lowest BCUT2D eigenvalue weighted by molar-refractivity contribution is 0.377. The fourth-order valence-corrected chi connectivity index (χ4v) is 1.33. The van der Waals surface area contributed by atoms with E-state index in [4.69, 9.17) is 4.74 Å². The Labute approximate surface area is 97.7 Å². The standard InChI is InChI=1S/C14H19NO/c1-4-6-13(15-5-2)11-16-14-9-7-12(3)8-10-14/h4,6-10H,5,11H2,1-3H3/b6-4-,15-13?. The van der Waals surface area contributed by atoms with E-state index < -0.39 is 0 Å². The molecular formula is C14H19NO. The quantitative estimate of drug-likeness (QED) is 0.693. The molecule has 0 amide bonds. The highest BCUT2D eigenvalue weighted by molar-refractivity contribution is 5.96. The molecule has 0 saturated carbocycles. The van der Waals surface area contributed by atoms with Crippen LogP contribution in [-0.2, 0) is 0 Å². The summed E-state index contributed by atoms with van der Waals surface area (Å²) < 4.78 is 5.65. The van der Waals surface area contributed by atoms with E-state index in [2.05, 4.69) is 11.9 Å². The first kappa shape index (κ1) is 12.5. The second kappa shape index (κ2) is 6.83. The molecule has 16 heavy (non-hydrogen) atoms. The molecule has 0 aliphatic rings. The van der Waals surface area contributed by atoms with Crippen LogP contribution in [0.4, 0.5) is 0 Å². The van der Waals surface area contributed by atoms with Gasteiger partial charge in [-0.2, -0.15) is 0 Å². The van der Waals surface area contributed by atoms with Crippen LogP contribution in [0.25, 0.3) is 0 Å². The Morgan fingerprint density at radius 1 is 1.31 bits per heavy atom. The van der Waals surface area contributed by atoms with E-state index in [1.807, 2.05) is 50.3 Å². The van der Waals surface area contributed by atoms with Crippen LogP contribution in [0.3, 0.4) is 0 Å². The average molecular weight is 217 g/mol. The minimum absolute atomic E-state index is 0.529. The van der Waals surface area contributed by atoms with Gasteiger partial charge in [0.15, 0.2) is 0 Å². The normalized spacial score (nSPS) is 12.1. The van der Waals surface area contributed by atoms with E-state index in [-0.39, 0.29) is 0 Å². The molecule has 1 aromatic carbocycles. The molecular weight excluding hydrogens is 198 g/mol. The molecule has 1 rings (SSSR count). The van der Waals surface area contributed by atoms with Crippen LogP contribution in [0.15, 0.2) is 41.4 Å². The van der Waals surface area contributed by atoms with Crippen molar-refractivity contribution in [2.45, 2.75) is 20.8 Å². The summed E-state index contributed by atoms with van der Waals surface area (Å²) >= 11 is 0. The van der Waals surface area contributed by atoms with Crippen molar-refractivity contribution < 1.29 is 4.74 Å². The maximum atomic E-state index is 5.65. The number of ether oxygens (including phenoxy) is 1. The molecule has 0 aliphatic heterocycles. The summed E-state index contributed by atoms with van der Waals surface area (Å²) in [4.78, 5) is 4.35. The van der Waals surface area contributed by atoms with Crippen molar-refractivity contribution in [2.24, 2.45) is 4.99 Å². The highest BCUT2D eigenvalue weighted by atomic mass is 16.5. The molecule has 0 saturated heterocycles. The zero-order valence-corrected chi connectivity index (χ0v) is 10.2. The van der Waals surface area contributed by atoms with Crippen molar-refractivity contribution in [3.8, 4) is 5.75 Å². The molecule has 0 unspecified atom stereocenters. The van der Waals surface area contributed by atoms with Gasteiger partial charge < -0.3 is 4.74 Å². The summed E-state index contributed by atoms with van der Waals surface area (Å²) in [5.41, 5.74) is 2.22. The Morgan fingerprint density at radius 3 is 2.56 bits per heavy atom. The molecule has 0 spiro atoms. The Hall–Kier alpha value is -1.57. The van der Waals surface area contributed by atoms with Gasteiger partial charge in [-0.25, -0.2) is 0 Å². The Balaban J connectivity index is 2.55. The summed E-state index contributed by atoms with van der Waals surface area (Å²) in [5.74, 6) is 0.888. The maximum Gasteiger partial charge on any atom is 0.130 e. The summed E-state index contributed by atoms with van der Waals surface area (Å²) in [7, 11) is 0. The summed E-state index contributed by atoms with van der Waals surface area (Å²) in [6.07, 6.45) is 3.96. The number of allylic oxidation sites excluding steroid dienone is 1. The molecule has 2 heteroatoms. The van der Waals surface area contributed by atoms with Crippen molar-refractivity contribution in [3.05, 3.63) is 42.0 Å². The molecule has 1 aromatic rings. The van der Waals surface area contributed by atoms with E-state index in [1.165, 1.54) is 5.56 Å². The van der Waals surface area contributed by atoms with E-state index in [1.54, 1.807) is 0 Å². The number of rotatable bonds is 5. The fourth-order valence-electron chi connectivity index (χ4n) is 1.33. The number of nitrogens with zero attached hydrogens (tertiary/aromatic N) is 1. The van der Waals surface area contributed by atoms with E-state index >= 15 is 0 Å². The van der Waals surface area contributed by atoms with Crippen LogP contribution in [0.5, 0.6) is 5.75 Å². The van der Waals surface area contributed by atoms with Crippen LogP contribution >= 0.6 is 0 Å². The van der Waals surface area contributed by atoms with Gasteiger partial charge in [-0.1, -0.05) is 23.8 Å². The van der Waals surface area contributed by atoms with Crippen LogP contribution in [0.2, 0.25) is 0 Å². The van der Waals surface area contributed by atoms with Crippen molar-refractivity contribution in [3.63, 3.8) is 0 Å². The third kappa shape index (κ3) is 4.30. The maximum absolute atomic E-state index is 5.65. The van der Waals surface area contributed by atoms with Crippen molar-refractivity contribution in [1.82, 2.24) is 0 Å². The smallest absolute Gasteiger partial charge is 0.130 e. The van der Waals surface area contributed by atoms with Gasteiger partial charge in [-0.15, -0.1) is 0 Å². The highest BCUT2D eigenvalue weighted by Gasteiger charge is 1.96. The summed E-state index contributed by atoms with van der Waals surface area (Å²) in [5, 5.41) is 0. The monoisotopic (exact) mass is 217 g/mol. The Bertz CT molecular complexity index is 363. The summed E-state index contributed by atoms with van der Waals surface area (Å²) in [6.45, 7) is 7.39. The van der Waals surface area contributed by atoms with Crippen molar-refractivity contribution in [1.29, 1.82) is 0 Å². The molecule has 0 heterocycles. The number of hydrogen-bond acceptors (Lipinski definition) is 2. The average Bonchev–Trinajstić information content (AvgIpc) is 2.29. The molecule has 0 atom stereocenters. The third-order valence-electron chi connectivity index (χ3n) is 2.13. The lowest BCUT2D eigenvalue weighted by Crippen LogP contribution is -2.09. The Morgan fingerprint density at radius 2 is 2.00 bits per heavy atom. The van der Waals surface area contributed by atoms with Gasteiger partial charge in [-0.05, 0) is 39.0 Å². The van der Waals surface area contributed by atoms with Crippen molar-refractivity contribution >= 4 is 5.71 Å². The van der Waals surface area contributed by atoms with Gasteiger partial charge in [0.1, 0.15) is 12.4 Å². The predicted molar refractivity (Wildman–Crippen MR) is 69.5 cm³/mol. The minimum atomic E-state index is 0.529. The van der Waals surface area contributed by atoms with Crippen LogP contribution in [0, 0.1) is 6.92 Å². The molecule has 2 nitrogen and oxygen atoms in total. The Kier molecular flexibility index (Phi) is 5.34. The largest absolute Gasteiger partial charge is 0.487 e. The first-order chi connectivity index (χ1) is 7.76. The zero-order chi connectivity index (χ0) is 11.8. The lowest BCUT2D eigenvalue weighted by atomic mass is 10.2. The topological polar surface area (TPSA) is 21.6 Å². The van der Waals surface area contributed by atoms with Crippen LogP contribution in [0.1, 0.15) is 19.4 Å². The molecule has 0 radical (unpaired) electrons. The van der Waals surface area contributed by atoms with Gasteiger partial charge in [0.05, 0.1) is 5.71 Å². The van der Waals surface area contributed by atoms with Gasteiger partial charge >= 0.3 is 0 Å². The van der Waals surface area contributed by atoms with Crippen molar-refractivity contribution in [2.75, 3.05) is 13.2 Å². The second-order valence-corrected chi connectivity index (χ2v) is 3.57. The van der Waals surface area contributed by atoms with Gasteiger partial charge in [-0.3, -0.25) is 4.99 Å². The highest BCUT2D eigenvalue weighted by Crippen LogP contribution is 2.11. The molecule has 0 fully saturated rings. The minimum Gasteiger partial charge on any atom is -0.487 e. The molecule has 0 N–H and O–H groups in total. The number of benzene rings is 1. The fraction of sp³-hybridized carbons (Fsp3) is 0.357. The van der Waals surface area contributed by atoms with Crippen LogP contribution < -0.4 is 4.74 Å². The molecule has 0 aromatic heterocycles. The lowest BCUT2D eigenvalue weighted by Gasteiger charge is -2.06. The zero-order valence-electron chi connectivity index (χ0n) is 10.2. The third-order valence-corrected chi connectivity index (χ3v) is 2.13. The number of aliphatic imine (C=N–C) groups is 1.